The smallest absolute Gasteiger partial charge is 0.257 e. The molecule has 0 bridgehead atoms. The second-order valence-corrected chi connectivity index (χ2v) is 8.13. The molecule has 2 heterocycles. The lowest BCUT2D eigenvalue weighted by atomic mass is 10.1. The third-order valence-electron chi connectivity index (χ3n) is 4.22. The van der Waals surface area contributed by atoms with Crippen LogP contribution in [-0.2, 0) is 24.8 Å². The van der Waals surface area contributed by atoms with Gasteiger partial charge in [0.1, 0.15) is 5.76 Å². The van der Waals surface area contributed by atoms with Gasteiger partial charge < -0.3 is 9.73 Å². The van der Waals surface area contributed by atoms with Crippen molar-refractivity contribution in [2.24, 2.45) is 7.05 Å². The van der Waals surface area contributed by atoms with Crippen molar-refractivity contribution in [3.63, 3.8) is 0 Å². The Bertz CT molecular complexity index is 1010. The summed E-state index contributed by atoms with van der Waals surface area (Å²) in [6.07, 6.45) is 2.09. The number of aromatic nitrogens is 2. The molecule has 2 aromatic heterocycles. The molecule has 146 valence electrons. The van der Waals surface area contributed by atoms with Crippen LogP contribution in [-0.4, -0.2) is 21.2 Å². The van der Waals surface area contributed by atoms with Gasteiger partial charge in [-0.3, -0.25) is 14.2 Å². The maximum atomic E-state index is 12.8. The molecule has 0 saturated heterocycles. The van der Waals surface area contributed by atoms with Crippen molar-refractivity contribution in [2.75, 3.05) is 5.75 Å². The van der Waals surface area contributed by atoms with Gasteiger partial charge in [0.25, 0.3) is 5.56 Å². The Morgan fingerprint density at radius 2 is 2.04 bits per heavy atom. The number of carbonyl (C=O) groups excluding carboxylic acids is 1. The zero-order chi connectivity index (χ0) is 20.1. The molecule has 0 unspecified atom stereocenters. The highest BCUT2D eigenvalue weighted by atomic mass is 79.9. The molecule has 0 aliphatic carbocycles. The fourth-order valence-corrected chi connectivity index (χ4v) is 3.75. The van der Waals surface area contributed by atoms with Gasteiger partial charge >= 0.3 is 0 Å². The van der Waals surface area contributed by atoms with E-state index in [1.54, 1.807) is 25.4 Å². The van der Waals surface area contributed by atoms with Crippen LogP contribution in [0.25, 0.3) is 0 Å². The lowest BCUT2D eigenvalue weighted by molar-refractivity contribution is -0.118. The molecule has 1 aromatic carbocycles. The van der Waals surface area contributed by atoms with Crippen LogP contribution in [0, 0.1) is 6.92 Å². The van der Waals surface area contributed by atoms with E-state index in [9.17, 15) is 9.59 Å². The molecular formula is C20H20BrN3O3S. The summed E-state index contributed by atoms with van der Waals surface area (Å²) in [6.45, 7) is 2.17. The van der Waals surface area contributed by atoms with Gasteiger partial charge in [0, 0.05) is 29.2 Å². The molecular weight excluding hydrogens is 442 g/mol. The molecule has 3 rings (SSSR count). The van der Waals surface area contributed by atoms with E-state index < -0.39 is 0 Å². The number of halogens is 1. The standard InChI is InChI=1S/C20H20BrN3O3S/c1-13-17(10-14-5-7-15(21)8-6-14)19(26)24(2)20(23-13)28-12-18(25)22-11-16-4-3-9-27-16/h3-9H,10-12H2,1-2H3,(H,22,25). The highest BCUT2D eigenvalue weighted by Crippen LogP contribution is 2.17. The molecule has 8 heteroatoms. The molecule has 0 saturated carbocycles. The van der Waals surface area contributed by atoms with Crippen molar-refractivity contribution in [2.45, 2.75) is 25.0 Å². The summed E-state index contributed by atoms with van der Waals surface area (Å²) in [5.41, 5.74) is 2.30. The molecule has 0 fully saturated rings. The summed E-state index contributed by atoms with van der Waals surface area (Å²) in [6, 6.07) is 11.4. The van der Waals surface area contributed by atoms with Gasteiger partial charge in [-0.1, -0.05) is 39.8 Å². The summed E-state index contributed by atoms with van der Waals surface area (Å²) >= 11 is 4.65. The van der Waals surface area contributed by atoms with Crippen LogP contribution in [0.2, 0.25) is 0 Å². The molecule has 3 aromatic rings. The van der Waals surface area contributed by atoms with Crippen molar-refractivity contribution in [1.82, 2.24) is 14.9 Å². The Hall–Kier alpha value is -2.32. The summed E-state index contributed by atoms with van der Waals surface area (Å²) in [5, 5.41) is 3.30. The van der Waals surface area contributed by atoms with Gasteiger partial charge in [0.15, 0.2) is 5.16 Å². The van der Waals surface area contributed by atoms with E-state index >= 15 is 0 Å². The Kier molecular flexibility index (Phi) is 6.74. The minimum atomic E-state index is -0.146. The first kappa shape index (κ1) is 20.4. The van der Waals surface area contributed by atoms with E-state index in [1.165, 1.54) is 16.3 Å². The number of thioether (sulfide) groups is 1. The van der Waals surface area contributed by atoms with Crippen LogP contribution < -0.4 is 10.9 Å². The zero-order valence-corrected chi connectivity index (χ0v) is 18.0. The van der Waals surface area contributed by atoms with E-state index in [1.807, 2.05) is 31.2 Å². The van der Waals surface area contributed by atoms with Gasteiger partial charge in [0.2, 0.25) is 5.91 Å². The molecule has 0 spiro atoms. The van der Waals surface area contributed by atoms with E-state index in [0.717, 1.165) is 10.0 Å². The number of rotatable bonds is 7. The number of amides is 1. The fraction of sp³-hybridized carbons (Fsp3) is 0.250. The Morgan fingerprint density at radius 3 is 2.71 bits per heavy atom. The quantitative estimate of drug-likeness (QED) is 0.430. The topological polar surface area (TPSA) is 77.1 Å². The van der Waals surface area contributed by atoms with Crippen LogP contribution in [0.1, 0.15) is 22.6 Å². The predicted octanol–water partition coefficient (Wildman–Crippen LogP) is 3.44. The average molecular weight is 462 g/mol. The summed E-state index contributed by atoms with van der Waals surface area (Å²) in [4.78, 5) is 29.4. The van der Waals surface area contributed by atoms with Crippen LogP contribution in [0.15, 0.2) is 61.5 Å². The normalized spacial score (nSPS) is 10.8. The molecule has 1 amide bonds. The molecule has 1 N–H and O–H groups in total. The number of aryl methyl sites for hydroxylation is 1. The monoisotopic (exact) mass is 461 g/mol. The number of hydrogen-bond acceptors (Lipinski definition) is 5. The zero-order valence-electron chi connectivity index (χ0n) is 15.6. The number of carbonyl (C=O) groups is 1. The Balaban J connectivity index is 1.66. The van der Waals surface area contributed by atoms with Crippen LogP contribution in [0.5, 0.6) is 0 Å². The molecule has 0 radical (unpaired) electrons. The van der Waals surface area contributed by atoms with E-state index in [2.05, 4.69) is 26.2 Å². The average Bonchev–Trinajstić information content (AvgIpc) is 3.20. The van der Waals surface area contributed by atoms with Gasteiger partial charge in [0.05, 0.1) is 18.6 Å². The molecule has 28 heavy (non-hydrogen) atoms. The first-order valence-electron chi connectivity index (χ1n) is 8.67. The minimum absolute atomic E-state index is 0.0890. The number of nitrogens with zero attached hydrogens (tertiary/aromatic N) is 2. The van der Waals surface area contributed by atoms with Gasteiger partial charge in [-0.25, -0.2) is 4.98 Å². The van der Waals surface area contributed by atoms with E-state index in [0.29, 0.717) is 35.1 Å². The summed E-state index contributed by atoms with van der Waals surface area (Å²) < 4.78 is 7.69. The third-order valence-corrected chi connectivity index (χ3v) is 5.77. The highest BCUT2D eigenvalue weighted by Gasteiger charge is 2.14. The maximum Gasteiger partial charge on any atom is 0.257 e. The minimum Gasteiger partial charge on any atom is -0.467 e. The number of benzene rings is 1. The molecule has 6 nitrogen and oxygen atoms in total. The first-order valence-corrected chi connectivity index (χ1v) is 10.4. The lowest BCUT2D eigenvalue weighted by Gasteiger charge is -2.12. The molecule has 0 aliphatic rings. The summed E-state index contributed by atoms with van der Waals surface area (Å²) in [7, 11) is 1.68. The number of furan rings is 1. The van der Waals surface area contributed by atoms with Crippen molar-refractivity contribution in [3.05, 3.63) is 80.1 Å². The van der Waals surface area contributed by atoms with Crippen molar-refractivity contribution in [1.29, 1.82) is 0 Å². The van der Waals surface area contributed by atoms with Crippen molar-refractivity contribution in [3.8, 4) is 0 Å². The highest BCUT2D eigenvalue weighted by molar-refractivity contribution is 9.10. The van der Waals surface area contributed by atoms with Gasteiger partial charge in [-0.2, -0.15) is 0 Å². The Morgan fingerprint density at radius 1 is 1.29 bits per heavy atom. The van der Waals surface area contributed by atoms with Crippen molar-refractivity contribution >= 4 is 33.6 Å². The largest absolute Gasteiger partial charge is 0.467 e. The third kappa shape index (κ3) is 5.14. The second kappa shape index (κ2) is 9.25. The van der Waals surface area contributed by atoms with Gasteiger partial charge in [-0.15, -0.1) is 0 Å². The van der Waals surface area contributed by atoms with Gasteiger partial charge in [-0.05, 0) is 36.8 Å². The predicted molar refractivity (Wildman–Crippen MR) is 112 cm³/mol. The van der Waals surface area contributed by atoms with E-state index in [4.69, 9.17) is 4.42 Å². The first-order chi connectivity index (χ1) is 13.4. The van der Waals surface area contributed by atoms with Crippen LogP contribution in [0.3, 0.4) is 0 Å². The van der Waals surface area contributed by atoms with Crippen molar-refractivity contribution < 1.29 is 9.21 Å². The summed E-state index contributed by atoms with van der Waals surface area (Å²) in [5.74, 6) is 0.719. The van der Waals surface area contributed by atoms with Crippen LogP contribution in [0.4, 0.5) is 0 Å². The van der Waals surface area contributed by atoms with E-state index in [-0.39, 0.29) is 17.2 Å². The molecule has 0 aliphatic heterocycles. The molecule has 0 atom stereocenters. The number of hydrogen-bond donors (Lipinski definition) is 1. The van der Waals surface area contributed by atoms with Crippen LogP contribution >= 0.6 is 27.7 Å². The lowest BCUT2D eigenvalue weighted by Crippen LogP contribution is -2.27. The maximum absolute atomic E-state index is 12.8. The Labute approximate surface area is 175 Å². The second-order valence-electron chi connectivity index (χ2n) is 6.27. The fourth-order valence-electron chi connectivity index (χ4n) is 2.65. The SMILES string of the molecule is Cc1nc(SCC(=O)NCc2ccco2)n(C)c(=O)c1Cc1ccc(Br)cc1. The number of nitrogens with one attached hydrogen (secondary N) is 1.